The minimum absolute atomic E-state index is 0.0590. The largest absolute Gasteiger partial charge is 0.355 e. The number of piperidine rings is 1. The van der Waals surface area contributed by atoms with Gasteiger partial charge in [0.2, 0.25) is 5.91 Å². The third-order valence-electron chi connectivity index (χ3n) is 4.48. The van der Waals surface area contributed by atoms with Gasteiger partial charge in [-0.05, 0) is 50.2 Å². The molecule has 1 amide bonds. The summed E-state index contributed by atoms with van der Waals surface area (Å²) in [5, 5.41) is 20.2. The third-order valence-corrected chi connectivity index (χ3v) is 4.48. The zero-order valence-electron chi connectivity index (χ0n) is 12.7. The van der Waals surface area contributed by atoms with Gasteiger partial charge < -0.3 is 10.2 Å². The molecular formula is C16H21N5O. The highest BCUT2D eigenvalue weighted by Gasteiger charge is 2.22. The maximum atomic E-state index is 11.5. The van der Waals surface area contributed by atoms with Gasteiger partial charge in [0.25, 0.3) is 0 Å². The second kappa shape index (κ2) is 6.73. The topological polar surface area (TPSA) is 81.9 Å². The standard InChI is InChI=1S/C16H21N5O/c17-8-5-16(22)18-13-6-9-21(10-7-13)15-11-12-3-1-2-4-14(12)19-20-15/h11,13H,1-7,9-10H2,(H,18,22). The monoisotopic (exact) mass is 299 g/mol. The van der Waals surface area contributed by atoms with E-state index in [0.717, 1.165) is 50.3 Å². The predicted octanol–water partition coefficient (Wildman–Crippen LogP) is 1.35. The zero-order chi connectivity index (χ0) is 15.4. The Morgan fingerprint density at radius 3 is 2.86 bits per heavy atom. The molecule has 6 heteroatoms. The van der Waals surface area contributed by atoms with E-state index in [2.05, 4.69) is 26.5 Å². The second-order valence-electron chi connectivity index (χ2n) is 6.05. The molecule has 1 aromatic rings. The Balaban J connectivity index is 1.57. The maximum Gasteiger partial charge on any atom is 0.234 e. The van der Waals surface area contributed by atoms with E-state index in [-0.39, 0.29) is 18.4 Å². The molecule has 0 bridgehead atoms. The lowest BCUT2D eigenvalue weighted by molar-refractivity contribution is -0.120. The lowest BCUT2D eigenvalue weighted by atomic mass is 9.96. The second-order valence-corrected chi connectivity index (χ2v) is 6.05. The molecule has 22 heavy (non-hydrogen) atoms. The van der Waals surface area contributed by atoms with Crippen LogP contribution in [0, 0.1) is 11.3 Å². The van der Waals surface area contributed by atoms with Crippen LogP contribution in [0.5, 0.6) is 0 Å². The predicted molar refractivity (Wildman–Crippen MR) is 82.3 cm³/mol. The molecule has 2 aliphatic rings. The Morgan fingerprint density at radius 2 is 2.09 bits per heavy atom. The molecule has 1 aliphatic heterocycles. The smallest absolute Gasteiger partial charge is 0.234 e. The van der Waals surface area contributed by atoms with Crippen LogP contribution in [-0.2, 0) is 17.6 Å². The molecule has 0 atom stereocenters. The van der Waals surface area contributed by atoms with Crippen molar-refractivity contribution >= 4 is 11.7 Å². The van der Waals surface area contributed by atoms with E-state index in [0.29, 0.717) is 0 Å². The average Bonchev–Trinajstić information content (AvgIpc) is 2.55. The van der Waals surface area contributed by atoms with Crippen molar-refractivity contribution in [3.8, 4) is 6.07 Å². The van der Waals surface area contributed by atoms with E-state index in [1.165, 1.54) is 18.4 Å². The highest BCUT2D eigenvalue weighted by Crippen LogP contribution is 2.24. The molecule has 0 unspecified atom stereocenters. The van der Waals surface area contributed by atoms with Crippen molar-refractivity contribution in [2.45, 2.75) is 51.0 Å². The molecule has 1 saturated heterocycles. The molecule has 1 aliphatic carbocycles. The maximum absolute atomic E-state index is 11.5. The molecule has 0 radical (unpaired) electrons. The number of aromatic nitrogens is 2. The van der Waals surface area contributed by atoms with E-state index in [4.69, 9.17) is 5.26 Å². The van der Waals surface area contributed by atoms with Crippen molar-refractivity contribution < 1.29 is 4.79 Å². The normalized spacial score (nSPS) is 18.4. The van der Waals surface area contributed by atoms with Gasteiger partial charge in [0.15, 0.2) is 5.82 Å². The van der Waals surface area contributed by atoms with E-state index >= 15 is 0 Å². The fourth-order valence-corrected chi connectivity index (χ4v) is 3.24. The number of nitrogens with zero attached hydrogens (tertiary/aromatic N) is 4. The van der Waals surface area contributed by atoms with Crippen LogP contribution in [0.4, 0.5) is 5.82 Å². The minimum atomic E-state index is -0.172. The van der Waals surface area contributed by atoms with E-state index < -0.39 is 0 Å². The summed E-state index contributed by atoms with van der Waals surface area (Å²) in [4.78, 5) is 13.7. The number of aryl methyl sites for hydroxylation is 2. The first-order valence-electron chi connectivity index (χ1n) is 8.03. The van der Waals surface area contributed by atoms with Crippen molar-refractivity contribution in [2.75, 3.05) is 18.0 Å². The Morgan fingerprint density at radius 1 is 1.32 bits per heavy atom. The van der Waals surface area contributed by atoms with Gasteiger partial charge in [-0.15, -0.1) is 5.10 Å². The summed E-state index contributed by atoms with van der Waals surface area (Å²) in [6.07, 6.45) is 6.33. The Kier molecular flexibility index (Phi) is 4.52. The molecule has 116 valence electrons. The first-order chi connectivity index (χ1) is 10.8. The van der Waals surface area contributed by atoms with Crippen molar-refractivity contribution in [3.05, 3.63) is 17.3 Å². The van der Waals surface area contributed by atoms with Crippen LogP contribution in [0.15, 0.2) is 6.07 Å². The summed E-state index contributed by atoms with van der Waals surface area (Å²) in [5.41, 5.74) is 2.51. The number of hydrogen-bond donors (Lipinski definition) is 1. The molecule has 0 aromatic carbocycles. The molecule has 0 saturated carbocycles. The first-order valence-corrected chi connectivity index (χ1v) is 8.03. The third kappa shape index (κ3) is 3.35. The molecule has 3 rings (SSSR count). The van der Waals surface area contributed by atoms with Crippen molar-refractivity contribution in [2.24, 2.45) is 0 Å². The van der Waals surface area contributed by atoms with Gasteiger partial charge in [-0.1, -0.05) is 0 Å². The van der Waals surface area contributed by atoms with Gasteiger partial charge in [-0.3, -0.25) is 4.79 Å². The number of amides is 1. The SMILES string of the molecule is N#CCC(=O)NC1CCN(c2cc3c(nn2)CCCC3)CC1. The Hall–Kier alpha value is -2.16. The van der Waals surface area contributed by atoms with Crippen molar-refractivity contribution in [3.63, 3.8) is 0 Å². The number of nitriles is 1. The van der Waals surface area contributed by atoms with Crippen LogP contribution in [0.3, 0.4) is 0 Å². The van der Waals surface area contributed by atoms with Gasteiger partial charge in [-0.2, -0.15) is 10.4 Å². The van der Waals surface area contributed by atoms with E-state index in [1.807, 2.05) is 6.07 Å². The van der Waals surface area contributed by atoms with Gasteiger partial charge in [-0.25, -0.2) is 0 Å². The van der Waals surface area contributed by atoms with Crippen LogP contribution in [-0.4, -0.2) is 35.2 Å². The summed E-state index contributed by atoms with van der Waals surface area (Å²) in [6.45, 7) is 1.73. The van der Waals surface area contributed by atoms with Crippen LogP contribution >= 0.6 is 0 Å². The van der Waals surface area contributed by atoms with Crippen molar-refractivity contribution in [1.29, 1.82) is 5.26 Å². The quantitative estimate of drug-likeness (QED) is 0.911. The highest BCUT2D eigenvalue weighted by molar-refractivity contribution is 5.78. The number of fused-ring (bicyclic) bond motifs is 1. The average molecular weight is 299 g/mol. The molecule has 2 heterocycles. The molecular weight excluding hydrogens is 278 g/mol. The summed E-state index contributed by atoms with van der Waals surface area (Å²) in [6, 6.07) is 4.24. The summed E-state index contributed by atoms with van der Waals surface area (Å²) >= 11 is 0. The van der Waals surface area contributed by atoms with E-state index in [1.54, 1.807) is 0 Å². The number of carbonyl (C=O) groups is 1. The molecule has 1 N–H and O–H groups in total. The number of carbonyl (C=O) groups excluding carboxylic acids is 1. The zero-order valence-corrected chi connectivity index (χ0v) is 12.7. The fraction of sp³-hybridized carbons (Fsp3) is 0.625. The lowest BCUT2D eigenvalue weighted by Crippen LogP contribution is -2.45. The Labute approximate surface area is 130 Å². The number of hydrogen-bond acceptors (Lipinski definition) is 5. The molecule has 6 nitrogen and oxygen atoms in total. The summed E-state index contributed by atoms with van der Waals surface area (Å²) < 4.78 is 0. The van der Waals surface area contributed by atoms with Gasteiger partial charge in [0.1, 0.15) is 6.42 Å². The number of nitrogens with one attached hydrogen (secondary N) is 1. The van der Waals surface area contributed by atoms with Gasteiger partial charge in [0, 0.05) is 19.1 Å². The van der Waals surface area contributed by atoms with Crippen LogP contribution in [0.2, 0.25) is 0 Å². The van der Waals surface area contributed by atoms with Crippen LogP contribution < -0.4 is 10.2 Å². The lowest BCUT2D eigenvalue weighted by Gasteiger charge is -2.33. The minimum Gasteiger partial charge on any atom is -0.355 e. The van der Waals surface area contributed by atoms with E-state index in [9.17, 15) is 4.79 Å². The van der Waals surface area contributed by atoms with Crippen molar-refractivity contribution in [1.82, 2.24) is 15.5 Å². The Bertz CT molecular complexity index is 587. The van der Waals surface area contributed by atoms with Gasteiger partial charge in [0.05, 0.1) is 11.8 Å². The first kappa shape index (κ1) is 14.8. The number of rotatable bonds is 3. The van der Waals surface area contributed by atoms with Crippen LogP contribution in [0.25, 0.3) is 0 Å². The summed E-state index contributed by atoms with van der Waals surface area (Å²) in [5.74, 6) is 0.789. The number of anilines is 1. The molecule has 0 spiro atoms. The highest BCUT2D eigenvalue weighted by atomic mass is 16.1. The summed E-state index contributed by atoms with van der Waals surface area (Å²) in [7, 11) is 0. The molecule has 1 aromatic heterocycles. The van der Waals surface area contributed by atoms with Crippen LogP contribution in [0.1, 0.15) is 43.4 Å². The van der Waals surface area contributed by atoms with Gasteiger partial charge >= 0.3 is 0 Å². The molecule has 1 fully saturated rings. The fourth-order valence-electron chi connectivity index (χ4n) is 3.24.